The maximum absolute atomic E-state index is 5.98. The lowest BCUT2D eigenvalue weighted by Crippen LogP contribution is -2.46. The molecule has 0 spiro atoms. The van der Waals surface area contributed by atoms with Crippen LogP contribution in [0.3, 0.4) is 0 Å². The van der Waals surface area contributed by atoms with Crippen LogP contribution in [0.25, 0.3) is 0 Å². The van der Waals surface area contributed by atoms with Crippen molar-refractivity contribution < 1.29 is 9.47 Å². The van der Waals surface area contributed by atoms with Gasteiger partial charge in [0, 0.05) is 13.3 Å². The highest BCUT2D eigenvalue weighted by atomic mass is 16.5. The van der Waals surface area contributed by atoms with Gasteiger partial charge in [-0.3, -0.25) is 4.98 Å². The predicted octanol–water partition coefficient (Wildman–Crippen LogP) is 3.48. The monoisotopic (exact) mass is 292 g/mol. The molecule has 4 heteroatoms. The Bertz CT molecular complexity index is 442. The van der Waals surface area contributed by atoms with Crippen LogP contribution < -0.4 is 10.1 Å². The minimum absolute atomic E-state index is 0.134. The first kappa shape index (κ1) is 16.2. The molecule has 1 heterocycles. The Morgan fingerprint density at radius 3 is 2.48 bits per heavy atom. The van der Waals surface area contributed by atoms with Gasteiger partial charge in [0.2, 0.25) is 0 Å². The lowest BCUT2D eigenvalue weighted by atomic mass is 9.77. The first-order valence-corrected chi connectivity index (χ1v) is 7.95. The van der Waals surface area contributed by atoms with E-state index in [-0.39, 0.29) is 17.7 Å². The van der Waals surface area contributed by atoms with Gasteiger partial charge < -0.3 is 14.8 Å². The van der Waals surface area contributed by atoms with Gasteiger partial charge in [0.1, 0.15) is 5.75 Å². The van der Waals surface area contributed by atoms with E-state index in [1.165, 1.54) is 19.3 Å². The number of hydrogen-bond acceptors (Lipinski definition) is 4. The smallest absolute Gasteiger partial charge is 0.138 e. The van der Waals surface area contributed by atoms with Crippen molar-refractivity contribution in [1.29, 1.82) is 0 Å². The van der Waals surface area contributed by atoms with E-state index in [4.69, 9.17) is 9.47 Å². The highest BCUT2D eigenvalue weighted by molar-refractivity contribution is 5.28. The summed E-state index contributed by atoms with van der Waals surface area (Å²) >= 11 is 0. The Kier molecular flexibility index (Phi) is 5.59. The van der Waals surface area contributed by atoms with Gasteiger partial charge in [-0.05, 0) is 45.4 Å². The van der Waals surface area contributed by atoms with Crippen LogP contribution in [0.4, 0.5) is 0 Å². The topological polar surface area (TPSA) is 43.4 Å². The summed E-state index contributed by atoms with van der Waals surface area (Å²) in [5, 5.41) is 3.44. The van der Waals surface area contributed by atoms with Gasteiger partial charge in [-0.1, -0.05) is 19.3 Å². The predicted molar refractivity (Wildman–Crippen MR) is 84.6 cm³/mol. The average molecular weight is 292 g/mol. The molecule has 0 amide bonds. The molecule has 0 bridgehead atoms. The summed E-state index contributed by atoms with van der Waals surface area (Å²) < 4.78 is 11.7. The molecular weight excluding hydrogens is 264 g/mol. The maximum Gasteiger partial charge on any atom is 0.138 e. The van der Waals surface area contributed by atoms with Crippen molar-refractivity contribution in [3.63, 3.8) is 0 Å². The third-order valence-electron chi connectivity index (χ3n) is 4.36. The molecule has 1 aromatic heterocycles. The van der Waals surface area contributed by atoms with Crippen molar-refractivity contribution in [2.45, 2.75) is 63.7 Å². The Morgan fingerprint density at radius 1 is 1.19 bits per heavy atom. The van der Waals surface area contributed by atoms with E-state index in [9.17, 15) is 0 Å². The molecular formula is C17H28N2O2. The van der Waals surface area contributed by atoms with Gasteiger partial charge in [0.05, 0.1) is 23.9 Å². The summed E-state index contributed by atoms with van der Waals surface area (Å²) in [6.07, 6.45) is 9.77. The molecule has 1 atom stereocenters. The van der Waals surface area contributed by atoms with E-state index in [1.807, 2.05) is 34.2 Å². The zero-order chi connectivity index (χ0) is 15.3. The molecule has 118 valence electrons. The number of hydrogen-bond donors (Lipinski definition) is 1. The fourth-order valence-corrected chi connectivity index (χ4v) is 3.42. The third-order valence-corrected chi connectivity index (χ3v) is 4.36. The van der Waals surface area contributed by atoms with Crippen molar-refractivity contribution >= 4 is 0 Å². The third kappa shape index (κ3) is 3.74. The van der Waals surface area contributed by atoms with E-state index in [0.29, 0.717) is 0 Å². The van der Waals surface area contributed by atoms with Crippen LogP contribution in [0.5, 0.6) is 5.75 Å². The van der Waals surface area contributed by atoms with Gasteiger partial charge in [-0.2, -0.15) is 0 Å². The molecule has 1 fully saturated rings. The Balaban J connectivity index is 2.27. The Morgan fingerprint density at radius 2 is 1.90 bits per heavy atom. The quantitative estimate of drug-likeness (QED) is 0.872. The molecule has 1 unspecified atom stereocenters. The number of ether oxygens (including phenoxy) is 2. The van der Waals surface area contributed by atoms with Gasteiger partial charge in [-0.25, -0.2) is 0 Å². The fourth-order valence-electron chi connectivity index (χ4n) is 3.42. The molecule has 0 saturated heterocycles. The Hall–Kier alpha value is -1.13. The largest absolute Gasteiger partial charge is 0.489 e. The zero-order valence-electron chi connectivity index (χ0n) is 13.7. The summed E-state index contributed by atoms with van der Waals surface area (Å²) in [5.74, 6) is 0.824. The highest BCUT2D eigenvalue weighted by Crippen LogP contribution is 2.41. The molecule has 2 rings (SSSR count). The van der Waals surface area contributed by atoms with Gasteiger partial charge in [0.15, 0.2) is 0 Å². The number of aromatic nitrogens is 1. The van der Waals surface area contributed by atoms with Crippen molar-refractivity contribution in [2.75, 3.05) is 14.2 Å². The molecule has 4 nitrogen and oxygen atoms in total. The van der Waals surface area contributed by atoms with Gasteiger partial charge in [-0.15, -0.1) is 0 Å². The number of nitrogens with zero attached hydrogens (tertiary/aromatic N) is 1. The summed E-state index contributed by atoms with van der Waals surface area (Å²) in [6, 6.07) is 2.23. The first-order valence-electron chi connectivity index (χ1n) is 7.95. The molecule has 21 heavy (non-hydrogen) atoms. The van der Waals surface area contributed by atoms with Crippen molar-refractivity contribution in [1.82, 2.24) is 10.3 Å². The van der Waals surface area contributed by atoms with Crippen molar-refractivity contribution in [2.24, 2.45) is 0 Å². The van der Waals surface area contributed by atoms with Crippen LogP contribution in [0.2, 0.25) is 0 Å². The molecule has 1 aliphatic carbocycles. The molecule has 1 aliphatic rings. The lowest BCUT2D eigenvalue weighted by Gasteiger charge is -2.42. The fraction of sp³-hybridized carbons (Fsp3) is 0.706. The van der Waals surface area contributed by atoms with Crippen LogP contribution >= 0.6 is 0 Å². The average Bonchev–Trinajstić information content (AvgIpc) is 2.48. The van der Waals surface area contributed by atoms with E-state index in [2.05, 4.69) is 16.4 Å². The molecule has 0 aromatic carbocycles. The molecule has 0 radical (unpaired) electrons. The number of pyridine rings is 1. The van der Waals surface area contributed by atoms with Crippen LogP contribution in [0.15, 0.2) is 18.5 Å². The minimum atomic E-state index is -0.134. The number of rotatable bonds is 6. The minimum Gasteiger partial charge on any atom is -0.489 e. The van der Waals surface area contributed by atoms with Crippen molar-refractivity contribution in [3.05, 3.63) is 24.0 Å². The summed E-state index contributed by atoms with van der Waals surface area (Å²) in [4.78, 5) is 4.35. The highest BCUT2D eigenvalue weighted by Gasteiger charge is 2.40. The van der Waals surface area contributed by atoms with E-state index < -0.39 is 0 Å². The zero-order valence-corrected chi connectivity index (χ0v) is 13.7. The van der Waals surface area contributed by atoms with E-state index in [0.717, 1.165) is 24.2 Å². The second kappa shape index (κ2) is 7.23. The lowest BCUT2D eigenvalue weighted by molar-refractivity contribution is -0.0672. The Labute approximate surface area is 128 Å². The number of likely N-dealkylation sites (N-methyl/N-ethyl adjacent to an activating group) is 1. The number of nitrogens with one attached hydrogen (secondary N) is 1. The van der Waals surface area contributed by atoms with Crippen LogP contribution in [0.1, 0.15) is 57.6 Å². The normalized spacial score (nSPS) is 19.5. The molecule has 0 aliphatic heterocycles. The van der Waals surface area contributed by atoms with Crippen LogP contribution in [0, 0.1) is 0 Å². The summed E-state index contributed by atoms with van der Waals surface area (Å²) in [5.41, 5.74) is 1.00. The van der Waals surface area contributed by atoms with E-state index in [1.54, 1.807) is 6.20 Å². The van der Waals surface area contributed by atoms with Gasteiger partial charge >= 0.3 is 0 Å². The van der Waals surface area contributed by atoms with Crippen LogP contribution in [-0.2, 0) is 4.74 Å². The standard InChI is InChI=1S/C17H28N2O2/c1-13(2)21-15-10-14(11-19-12-15)16(18-3)17(20-4)8-6-5-7-9-17/h10-13,16,18H,5-9H2,1-4H3. The second-order valence-corrected chi connectivity index (χ2v) is 6.17. The summed E-state index contributed by atoms with van der Waals surface area (Å²) in [6.45, 7) is 4.06. The van der Waals surface area contributed by atoms with Crippen molar-refractivity contribution in [3.8, 4) is 5.75 Å². The maximum atomic E-state index is 5.98. The first-order chi connectivity index (χ1) is 10.1. The van der Waals surface area contributed by atoms with E-state index >= 15 is 0 Å². The molecule has 1 N–H and O–H groups in total. The van der Waals surface area contributed by atoms with Gasteiger partial charge in [0.25, 0.3) is 0 Å². The second-order valence-electron chi connectivity index (χ2n) is 6.17. The molecule has 1 saturated carbocycles. The number of methoxy groups -OCH3 is 1. The molecule has 1 aromatic rings. The SMILES string of the molecule is CNC(c1cncc(OC(C)C)c1)C1(OC)CCCCC1. The summed E-state index contributed by atoms with van der Waals surface area (Å²) in [7, 11) is 3.83. The van der Waals surface area contributed by atoms with Crippen LogP contribution in [-0.4, -0.2) is 30.8 Å².